The van der Waals surface area contributed by atoms with E-state index in [4.69, 9.17) is 9.84 Å². The van der Waals surface area contributed by atoms with E-state index < -0.39 is 17.9 Å². The third kappa shape index (κ3) is 2.92. The van der Waals surface area contributed by atoms with Crippen LogP contribution in [-0.2, 0) is 9.53 Å². The molecule has 1 saturated carbocycles. The van der Waals surface area contributed by atoms with Gasteiger partial charge in [-0.05, 0) is 45.4 Å². The van der Waals surface area contributed by atoms with Gasteiger partial charge in [-0.3, -0.25) is 4.79 Å². The normalized spacial score (nSPS) is 30.6. The van der Waals surface area contributed by atoms with Gasteiger partial charge in [0.15, 0.2) is 5.67 Å². The van der Waals surface area contributed by atoms with Gasteiger partial charge in [0, 0.05) is 13.2 Å². The molecule has 1 atom stereocenters. The second-order valence-electron chi connectivity index (χ2n) is 5.77. The molecule has 110 valence electrons. The molecule has 0 bridgehead atoms. The maximum atomic E-state index is 14.2. The van der Waals surface area contributed by atoms with Gasteiger partial charge < -0.3 is 14.7 Å². The van der Waals surface area contributed by atoms with E-state index in [1.807, 2.05) is 6.92 Å². The predicted molar refractivity (Wildman–Crippen MR) is 69.6 cm³/mol. The van der Waals surface area contributed by atoms with Gasteiger partial charge in [0.25, 0.3) is 5.91 Å². The Hall–Kier alpha value is -0.680. The molecule has 0 aromatic heterocycles. The van der Waals surface area contributed by atoms with Gasteiger partial charge in [-0.15, -0.1) is 0 Å². The number of amides is 1. The van der Waals surface area contributed by atoms with Gasteiger partial charge in [-0.1, -0.05) is 0 Å². The molecule has 2 fully saturated rings. The molecule has 1 unspecified atom stereocenters. The first-order valence-corrected chi connectivity index (χ1v) is 7.28. The zero-order valence-electron chi connectivity index (χ0n) is 11.7. The number of ether oxygens (including phenoxy) is 1. The molecule has 1 aliphatic carbocycles. The number of piperidine rings is 1. The van der Waals surface area contributed by atoms with Crippen molar-refractivity contribution < 1.29 is 19.0 Å². The quantitative estimate of drug-likeness (QED) is 0.847. The maximum absolute atomic E-state index is 14.2. The van der Waals surface area contributed by atoms with Crippen LogP contribution in [0.1, 0.15) is 45.4 Å². The van der Waals surface area contributed by atoms with Crippen LogP contribution in [0.15, 0.2) is 0 Å². The fourth-order valence-corrected chi connectivity index (χ4v) is 3.32. The smallest absolute Gasteiger partial charge is 0.254 e. The summed E-state index contributed by atoms with van der Waals surface area (Å²) in [5, 5.41) is 9.14. The van der Waals surface area contributed by atoms with E-state index in [1.165, 1.54) is 0 Å². The fourth-order valence-electron chi connectivity index (χ4n) is 3.32. The molecule has 0 aromatic rings. The number of hydrogen-bond acceptors (Lipinski definition) is 3. The fraction of sp³-hybridized carbons (Fsp3) is 0.929. The summed E-state index contributed by atoms with van der Waals surface area (Å²) in [5.74, 6) is -0.0815. The standard InChI is InChI=1S/C14H24FNO3/c1-2-19-14(7-3-4-8-14)12(18)16-9-5-6-13(15,10-16)11-17/h17H,2-11H2,1H3. The molecule has 1 aliphatic heterocycles. The Balaban J connectivity index is 2.09. The Morgan fingerprint density at radius 1 is 1.32 bits per heavy atom. The Morgan fingerprint density at radius 2 is 2.00 bits per heavy atom. The van der Waals surface area contributed by atoms with Crippen molar-refractivity contribution in [3.63, 3.8) is 0 Å². The number of alkyl halides is 1. The second kappa shape index (κ2) is 5.75. The lowest BCUT2D eigenvalue weighted by molar-refractivity contribution is -0.162. The Labute approximate surface area is 113 Å². The third-order valence-corrected chi connectivity index (χ3v) is 4.32. The van der Waals surface area contributed by atoms with Crippen molar-refractivity contribution in [2.24, 2.45) is 0 Å². The minimum Gasteiger partial charge on any atom is -0.393 e. The van der Waals surface area contributed by atoms with Crippen molar-refractivity contribution in [3.8, 4) is 0 Å². The first kappa shape index (κ1) is 14.7. The Morgan fingerprint density at radius 3 is 2.58 bits per heavy atom. The number of carbonyl (C=O) groups is 1. The van der Waals surface area contributed by atoms with Crippen molar-refractivity contribution in [3.05, 3.63) is 0 Å². The van der Waals surface area contributed by atoms with Crippen molar-refractivity contribution >= 4 is 5.91 Å². The Bertz CT molecular complexity index is 331. The number of halogens is 1. The summed E-state index contributed by atoms with van der Waals surface area (Å²) in [6.07, 6.45) is 4.36. The van der Waals surface area contributed by atoms with Gasteiger partial charge in [0.05, 0.1) is 13.2 Å². The van der Waals surface area contributed by atoms with Gasteiger partial charge in [-0.25, -0.2) is 4.39 Å². The predicted octanol–water partition coefficient (Wildman–Crippen LogP) is 1.66. The van der Waals surface area contributed by atoms with Crippen LogP contribution < -0.4 is 0 Å². The average molecular weight is 273 g/mol. The van der Waals surface area contributed by atoms with Crippen LogP contribution in [0.2, 0.25) is 0 Å². The first-order valence-electron chi connectivity index (χ1n) is 7.28. The number of nitrogens with zero attached hydrogens (tertiary/aromatic N) is 1. The summed E-state index contributed by atoms with van der Waals surface area (Å²) in [7, 11) is 0. The van der Waals surface area contributed by atoms with Crippen LogP contribution in [0.25, 0.3) is 0 Å². The zero-order chi connectivity index (χ0) is 13.9. The molecule has 1 saturated heterocycles. The molecule has 0 radical (unpaired) electrons. The SMILES string of the molecule is CCOC1(C(=O)N2CCCC(F)(CO)C2)CCCC1. The highest BCUT2D eigenvalue weighted by molar-refractivity contribution is 5.85. The summed E-state index contributed by atoms with van der Waals surface area (Å²) in [6.45, 7) is 2.44. The van der Waals surface area contributed by atoms with E-state index >= 15 is 0 Å². The van der Waals surface area contributed by atoms with Gasteiger partial charge in [-0.2, -0.15) is 0 Å². The highest BCUT2D eigenvalue weighted by Gasteiger charge is 2.47. The number of carbonyl (C=O) groups excluding carboxylic acids is 1. The van der Waals surface area contributed by atoms with Gasteiger partial charge in [0.2, 0.25) is 0 Å². The molecule has 1 heterocycles. The molecule has 19 heavy (non-hydrogen) atoms. The van der Waals surface area contributed by atoms with E-state index in [-0.39, 0.29) is 12.5 Å². The van der Waals surface area contributed by atoms with Crippen LogP contribution in [0, 0.1) is 0 Å². The Kier molecular flexibility index (Phi) is 4.46. The van der Waals surface area contributed by atoms with Crippen molar-refractivity contribution in [1.82, 2.24) is 4.90 Å². The first-order chi connectivity index (χ1) is 9.05. The molecule has 1 N–H and O–H groups in total. The van der Waals surface area contributed by atoms with Gasteiger partial charge >= 0.3 is 0 Å². The van der Waals surface area contributed by atoms with Crippen LogP contribution in [-0.4, -0.2) is 53.5 Å². The van der Waals surface area contributed by atoms with Crippen LogP contribution in [0.5, 0.6) is 0 Å². The third-order valence-electron chi connectivity index (χ3n) is 4.32. The topological polar surface area (TPSA) is 49.8 Å². The van der Waals surface area contributed by atoms with Crippen molar-refractivity contribution in [2.45, 2.75) is 56.7 Å². The minimum atomic E-state index is -1.64. The number of likely N-dealkylation sites (tertiary alicyclic amines) is 1. The summed E-state index contributed by atoms with van der Waals surface area (Å²) >= 11 is 0. The molecule has 5 heteroatoms. The molecule has 0 aromatic carbocycles. The van der Waals surface area contributed by atoms with E-state index in [0.717, 1.165) is 25.7 Å². The summed E-state index contributed by atoms with van der Waals surface area (Å²) in [4.78, 5) is 14.2. The second-order valence-corrected chi connectivity index (χ2v) is 5.77. The van der Waals surface area contributed by atoms with E-state index in [9.17, 15) is 9.18 Å². The number of hydrogen-bond donors (Lipinski definition) is 1. The molecule has 4 nitrogen and oxygen atoms in total. The number of aliphatic hydroxyl groups is 1. The largest absolute Gasteiger partial charge is 0.393 e. The summed E-state index contributed by atoms with van der Waals surface area (Å²) in [5.41, 5.74) is -2.37. The van der Waals surface area contributed by atoms with E-state index in [0.29, 0.717) is 26.0 Å². The highest BCUT2D eigenvalue weighted by atomic mass is 19.1. The average Bonchev–Trinajstić information content (AvgIpc) is 2.88. The lowest BCUT2D eigenvalue weighted by atomic mass is 9.92. The summed E-state index contributed by atoms with van der Waals surface area (Å²) in [6, 6.07) is 0. The lowest BCUT2D eigenvalue weighted by Crippen LogP contribution is -2.56. The number of aliphatic hydroxyl groups excluding tert-OH is 1. The zero-order valence-corrected chi connectivity index (χ0v) is 11.7. The van der Waals surface area contributed by atoms with Crippen molar-refractivity contribution in [2.75, 3.05) is 26.3 Å². The minimum absolute atomic E-state index is 0.00282. The molecule has 2 rings (SSSR count). The van der Waals surface area contributed by atoms with Crippen molar-refractivity contribution in [1.29, 1.82) is 0 Å². The summed E-state index contributed by atoms with van der Waals surface area (Å²) < 4.78 is 20.0. The van der Waals surface area contributed by atoms with Crippen LogP contribution in [0.3, 0.4) is 0 Å². The molecule has 0 spiro atoms. The van der Waals surface area contributed by atoms with Crippen LogP contribution >= 0.6 is 0 Å². The highest BCUT2D eigenvalue weighted by Crippen LogP contribution is 2.36. The van der Waals surface area contributed by atoms with Gasteiger partial charge in [0.1, 0.15) is 5.60 Å². The van der Waals surface area contributed by atoms with E-state index in [2.05, 4.69) is 0 Å². The van der Waals surface area contributed by atoms with Crippen LogP contribution in [0.4, 0.5) is 4.39 Å². The molecular weight excluding hydrogens is 249 g/mol. The maximum Gasteiger partial charge on any atom is 0.254 e. The van der Waals surface area contributed by atoms with E-state index in [1.54, 1.807) is 4.90 Å². The molecule has 2 aliphatic rings. The lowest BCUT2D eigenvalue weighted by Gasteiger charge is -2.40. The molecular formula is C14H24FNO3. The molecule has 1 amide bonds. The number of rotatable bonds is 4. The monoisotopic (exact) mass is 273 g/mol.